The van der Waals surface area contributed by atoms with Gasteiger partial charge in [0.05, 0.1) is 19.3 Å². The molecule has 1 fully saturated rings. The Morgan fingerprint density at radius 1 is 1.13 bits per heavy atom. The van der Waals surface area contributed by atoms with E-state index in [1.54, 1.807) is 0 Å². The second kappa shape index (κ2) is 11.4. The molecule has 2 N–H and O–H groups in total. The summed E-state index contributed by atoms with van der Waals surface area (Å²) in [5.74, 6) is -1.72. The van der Waals surface area contributed by atoms with Crippen molar-refractivity contribution < 1.29 is 33.5 Å². The Morgan fingerprint density at radius 2 is 1.85 bits per heavy atom. The number of fused-ring (bicyclic) bond motifs is 5. The zero-order valence-corrected chi connectivity index (χ0v) is 29.2. The summed E-state index contributed by atoms with van der Waals surface area (Å²) >= 11 is 0. The molecule has 0 radical (unpaired) electrons. The summed E-state index contributed by atoms with van der Waals surface area (Å²) in [5, 5.41) is 28.3. The Morgan fingerprint density at radius 3 is 2.50 bits per heavy atom. The molecule has 2 aromatic carbocycles. The average Bonchev–Trinajstić information content (AvgIpc) is 3.40. The van der Waals surface area contributed by atoms with Crippen molar-refractivity contribution >= 4 is 36.4 Å². The van der Waals surface area contributed by atoms with Crippen molar-refractivity contribution in [1.29, 1.82) is 0 Å². The highest BCUT2D eigenvalue weighted by Gasteiger charge is 2.68. The number of aliphatic hydroxyl groups excluding tert-OH is 2. The van der Waals surface area contributed by atoms with E-state index in [1.807, 2.05) is 69.3 Å². The zero-order chi connectivity index (χ0) is 33.3. The molecular formula is C36H46N2O7Si. The molecule has 0 aliphatic heterocycles. The number of rotatable bonds is 8. The second-order valence-corrected chi connectivity index (χ2v) is 19.6. The van der Waals surface area contributed by atoms with E-state index in [9.17, 15) is 10.2 Å². The molecule has 1 saturated carbocycles. The van der Waals surface area contributed by atoms with E-state index >= 15 is 9.59 Å². The van der Waals surface area contributed by atoms with E-state index in [0.717, 1.165) is 29.2 Å². The van der Waals surface area contributed by atoms with Crippen LogP contribution in [0.4, 0.5) is 0 Å². The van der Waals surface area contributed by atoms with Crippen molar-refractivity contribution in [2.24, 2.45) is 11.8 Å². The van der Waals surface area contributed by atoms with Crippen molar-refractivity contribution in [2.75, 3.05) is 20.7 Å². The van der Waals surface area contributed by atoms with Gasteiger partial charge in [-0.15, -0.1) is 0 Å². The molecule has 4 atom stereocenters. The normalized spacial score (nSPS) is 24.6. The molecule has 0 unspecified atom stereocenters. The molecule has 3 aliphatic carbocycles. The highest BCUT2D eigenvalue weighted by atomic mass is 28.4. The lowest BCUT2D eigenvalue weighted by molar-refractivity contribution is -0.140. The van der Waals surface area contributed by atoms with Crippen LogP contribution in [-0.4, -0.2) is 66.5 Å². The Balaban J connectivity index is 1.62. The van der Waals surface area contributed by atoms with Crippen molar-refractivity contribution in [3.8, 4) is 5.88 Å². The largest absolute Gasteiger partial charge is 0.507 e. The fraction of sp³-hybridized carbons (Fsp3) is 0.528. The lowest BCUT2D eigenvalue weighted by Gasteiger charge is -2.55. The third-order valence-corrected chi connectivity index (χ3v) is 15.3. The summed E-state index contributed by atoms with van der Waals surface area (Å²) < 4.78 is 19.0. The predicted molar refractivity (Wildman–Crippen MR) is 178 cm³/mol. The first-order valence-corrected chi connectivity index (χ1v) is 19.3. The summed E-state index contributed by atoms with van der Waals surface area (Å²) in [7, 11) is 1.01. The number of carbonyl (C=O) groups is 2. The first-order valence-electron chi connectivity index (χ1n) is 16.4. The lowest BCUT2D eigenvalue weighted by atomic mass is 9.57. The average molecular weight is 647 g/mol. The van der Waals surface area contributed by atoms with Crippen LogP contribution in [0.2, 0.25) is 18.1 Å². The van der Waals surface area contributed by atoms with E-state index in [-0.39, 0.29) is 40.3 Å². The van der Waals surface area contributed by atoms with Crippen molar-refractivity contribution in [3.63, 3.8) is 0 Å². The SMILES string of the molecule is CCCCOc1noc2c1C(=O)[C@@]1(O[Si](C)(C)C(C)(C)C)C(=O)C3=C(O)c4c(cc5ccccc5c4CO)C[C@H]3C[C@H]1[C@@H]2N(C)C. The number of hydrogen-bond acceptors (Lipinski definition) is 9. The molecule has 3 aliphatic rings. The molecular weight excluding hydrogens is 600 g/mol. The number of ketones is 2. The van der Waals surface area contributed by atoms with Crippen LogP contribution < -0.4 is 4.74 Å². The van der Waals surface area contributed by atoms with Crippen LogP contribution in [0.15, 0.2) is 40.4 Å². The van der Waals surface area contributed by atoms with Gasteiger partial charge in [0.25, 0.3) is 5.88 Å². The van der Waals surface area contributed by atoms with Crippen LogP contribution in [0.5, 0.6) is 5.88 Å². The minimum atomic E-state index is -2.81. The van der Waals surface area contributed by atoms with E-state index in [4.69, 9.17) is 13.7 Å². The van der Waals surface area contributed by atoms with E-state index in [2.05, 4.69) is 25.9 Å². The number of benzene rings is 2. The smallest absolute Gasteiger partial charge is 0.265 e. The van der Waals surface area contributed by atoms with Crippen molar-refractivity contribution in [3.05, 3.63) is 63.9 Å². The molecule has 0 bridgehead atoms. The Labute approximate surface area is 271 Å². The molecule has 9 nitrogen and oxygen atoms in total. The summed E-state index contributed by atoms with van der Waals surface area (Å²) in [6.45, 7) is 12.4. The molecule has 46 heavy (non-hydrogen) atoms. The second-order valence-electron chi connectivity index (χ2n) is 14.9. The van der Waals surface area contributed by atoms with E-state index < -0.39 is 37.4 Å². The lowest BCUT2D eigenvalue weighted by Crippen LogP contribution is -2.68. The van der Waals surface area contributed by atoms with Gasteiger partial charge in [0, 0.05) is 17.1 Å². The standard InChI is InChI=1S/C36H46N2O7Si/c1-9-10-15-43-34-28-31(44-37-34)29(38(5)6)25-18-22-17-21-16-20-13-11-12-14-23(20)24(19-39)26(21)30(40)27(22)32(41)36(25,33(28)42)45-46(7,8)35(2,3)4/h11-14,16,22,25,29,39-40H,9-10,15,17-19H2,1-8H3/t22-,25-,29-,36-/m0/s1. The molecule has 246 valence electrons. The van der Waals surface area contributed by atoms with Crippen LogP contribution >= 0.6 is 0 Å². The van der Waals surface area contributed by atoms with Gasteiger partial charge >= 0.3 is 0 Å². The summed E-state index contributed by atoms with van der Waals surface area (Å²) in [6, 6.07) is 9.27. The highest BCUT2D eigenvalue weighted by molar-refractivity contribution is 6.74. The van der Waals surface area contributed by atoms with Gasteiger partial charge in [-0.1, -0.05) is 64.4 Å². The Hall–Kier alpha value is -3.31. The van der Waals surface area contributed by atoms with Gasteiger partial charge in [0.1, 0.15) is 11.3 Å². The molecule has 3 aromatic rings. The number of aliphatic hydroxyl groups is 2. The minimum absolute atomic E-state index is 0.0770. The fourth-order valence-corrected chi connectivity index (χ4v) is 9.00. The molecule has 6 rings (SSSR count). The maximum atomic E-state index is 15.4. The number of Topliss-reactive ketones (excluding diaryl/α,β-unsaturated/α-hetero) is 2. The van der Waals surface area contributed by atoms with Gasteiger partial charge < -0.3 is 23.9 Å². The maximum absolute atomic E-state index is 15.4. The van der Waals surface area contributed by atoms with E-state index in [1.165, 1.54) is 0 Å². The monoisotopic (exact) mass is 646 g/mol. The number of nitrogens with zero attached hydrogens (tertiary/aromatic N) is 2. The van der Waals surface area contributed by atoms with Crippen LogP contribution in [0, 0.1) is 11.8 Å². The van der Waals surface area contributed by atoms with E-state index in [0.29, 0.717) is 36.3 Å². The molecule has 0 spiro atoms. The topological polar surface area (TPSA) is 122 Å². The molecule has 0 amide bonds. The summed E-state index contributed by atoms with van der Waals surface area (Å²) in [6.07, 6.45) is 2.55. The van der Waals surface area contributed by atoms with Crippen LogP contribution in [0.3, 0.4) is 0 Å². The predicted octanol–water partition coefficient (Wildman–Crippen LogP) is 6.79. The maximum Gasteiger partial charge on any atom is 0.265 e. The number of carbonyl (C=O) groups excluding carboxylic acids is 2. The summed E-state index contributed by atoms with van der Waals surface area (Å²) in [5.41, 5.74) is 0.340. The molecule has 1 aromatic heterocycles. The molecule has 1 heterocycles. The minimum Gasteiger partial charge on any atom is -0.507 e. The summed E-state index contributed by atoms with van der Waals surface area (Å²) in [4.78, 5) is 32.5. The number of ether oxygens (including phenoxy) is 1. The highest BCUT2D eigenvalue weighted by Crippen LogP contribution is 2.59. The van der Waals surface area contributed by atoms with Crippen LogP contribution in [0.25, 0.3) is 16.5 Å². The zero-order valence-electron chi connectivity index (χ0n) is 28.2. The third kappa shape index (κ3) is 4.71. The first-order chi connectivity index (χ1) is 21.7. The van der Waals surface area contributed by atoms with Gasteiger partial charge in [0.15, 0.2) is 19.7 Å². The quantitative estimate of drug-likeness (QED) is 0.155. The number of aromatic nitrogens is 1. The first kappa shape index (κ1) is 32.6. The van der Waals surface area contributed by atoms with Crippen molar-refractivity contribution in [2.45, 2.75) is 89.8 Å². The van der Waals surface area contributed by atoms with Gasteiger partial charge in [-0.2, -0.15) is 0 Å². The fourth-order valence-electron chi connectivity index (χ4n) is 7.56. The molecule has 0 saturated heterocycles. The Bertz CT molecular complexity index is 1750. The third-order valence-electron chi connectivity index (χ3n) is 10.8. The van der Waals surface area contributed by atoms with Crippen molar-refractivity contribution in [1.82, 2.24) is 10.1 Å². The van der Waals surface area contributed by atoms with Crippen LogP contribution in [-0.2, 0) is 22.2 Å². The van der Waals surface area contributed by atoms with Crippen LogP contribution in [0.1, 0.15) is 85.8 Å². The van der Waals surface area contributed by atoms with Gasteiger partial charge in [0.2, 0.25) is 11.6 Å². The van der Waals surface area contributed by atoms with Gasteiger partial charge in [-0.3, -0.25) is 14.5 Å². The number of hydrogen-bond donors (Lipinski definition) is 2. The van der Waals surface area contributed by atoms with Gasteiger partial charge in [-0.05, 0) is 84.5 Å². The molecule has 10 heteroatoms. The number of unbranched alkanes of at least 4 members (excludes halogenated alkanes) is 1. The van der Waals surface area contributed by atoms with Gasteiger partial charge in [-0.25, -0.2) is 0 Å². The Kier molecular flexibility index (Phi) is 8.11.